The maximum absolute atomic E-state index is 13.3. The van der Waals surface area contributed by atoms with Gasteiger partial charge in [-0.05, 0) is 25.8 Å². The lowest BCUT2D eigenvalue weighted by Crippen LogP contribution is -2.40. The zero-order valence-electron chi connectivity index (χ0n) is 15.7. The van der Waals surface area contributed by atoms with E-state index in [0.29, 0.717) is 43.7 Å². The van der Waals surface area contributed by atoms with Gasteiger partial charge in [0.05, 0.1) is 28.8 Å². The van der Waals surface area contributed by atoms with E-state index in [4.69, 9.17) is 4.98 Å². The Hall–Kier alpha value is -3.22. The van der Waals surface area contributed by atoms with Gasteiger partial charge in [-0.15, -0.1) is 0 Å². The van der Waals surface area contributed by atoms with Crippen molar-refractivity contribution in [3.63, 3.8) is 0 Å². The first-order valence-corrected chi connectivity index (χ1v) is 9.52. The molecule has 1 N–H and O–H groups in total. The number of amides is 1. The van der Waals surface area contributed by atoms with Gasteiger partial charge in [-0.25, -0.2) is 9.67 Å². The molecule has 0 atom stereocenters. The fourth-order valence-corrected chi connectivity index (χ4v) is 3.71. The third kappa shape index (κ3) is 3.24. The monoisotopic (exact) mass is 378 g/mol. The van der Waals surface area contributed by atoms with E-state index in [-0.39, 0.29) is 11.8 Å². The van der Waals surface area contributed by atoms with Crippen molar-refractivity contribution in [2.24, 2.45) is 5.92 Å². The molecule has 4 rings (SSSR count). The number of nitrogens with zero attached hydrogens (tertiary/aromatic N) is 4. The second kappa shape index (κ2) is 7.42. The van der Waals surface area contributed by atoms with Gasteiger partial charge in [0.2, 0.25) is 0 Å². The van der Waals surface area contributed by atoms with Crippen LogP contribution in [0.5, 0.6) is 0 Å². The Kier molecular flexibility index (Phi) is 4.81. The molecule has 1 amide bonds. The van der Waals surface area contributed by atoms with E-state index in [0.717, 1.165) is 16.6 Å². The van der Waals surface area contributed by atoms with Gasteiger partial charge in [-0.1, -0.05) is 30.3 Å². The number of pyridine rings is 1. The number of aryl methyl sites for hydroxylation is 1. The Morgan fingerprint density at radius 1 is 1.18 bits per heavy atom. The molecule has 3 aromatic rings. The summed E-state index contributed by atoms with van der Waals surface area (Å²) in [6.07, 6.45) is 2.65. The molecule has 0 aliphatic carbocycles. The molecule has 0 unspecified atom stereocenters. The Labute approximate surface area is 162 Å². The van der Waals surface area contributed by atoms with E-state index in [1.165, 1.54) is 0 Å². The van der Waals surface area contributed by atoms with Crippen LogP contribution >= 0.6 is 0 Å². The molecular weight excluding hydrogens is 356 g/mol. The molecule has 1 aliphatic rings. The predicted octanol–water partition coefficient (Wildman–Crippen LogP) is 3.06. The Balaban J connectivity index is 1.74. The molecule has 1 aliphatic heterocycles. The Bertz CT molecular complexity index is 1020. The summed E-state index contributed by atoms with van der Waals surface area (Å²) in [5.41, 5.74) is 2.92. The number of carboxylic acids is 1. The van der Waals surface area contributed by atoms with Crippen LogP contribution in [-0.2, 0) is 11.3 Å². The van der Waals surface area contributed by atoms with Crippen molar-refractivity contribution < 1.29 is 14.7 Å². The van der Waals surface area contributed by atoms with Gasteiger partial charge < -0.3 is 10.0 Å². The maximum Gasteiger partial charge on any atom is 0.306 e. The van der Waals surface area contributed by atoms with E-state index < -0.39 is 5.97 Å². The third-order valence-electron chi connectivity index (χ3n) is 5.34. The van der Waals surface area contributed by atoms with Crippen LogP contribution in [0.3, 0.4) is 0 Å². The summed E-state index contributed by atoms with van der Waals surface area (Å²) in [5.74, 6) is -1.25. The average molecular weight is 378 g/mol. The number of carbonyl (C=O) groups is 2. The zero-order chi connectivity index (χ0) is 19.7. The lowest BCUT2D eigenvalue weighted by Gasteiger charge is -2.30. The number of hydrogen-bond acceptors (Lipinski definition) is 4. The van der Waals surface area contributed by atoms with E-state index in [1.807, 2.05) is 43.3 Å². The van der Waals surface area contributed by atoms with Crippen molar-refractivity contribution in [3.8, 4) is 11.3 Å². The van der Waals surface area contributed by atoms with E-state index in [1.54, 1.807) is 15.8 Å². The molecule has 28 heavy (non-hydrogen) atoms. The minimum absolute atomic E-state index is 0.0935. The number of benzene rings is 1. The highest BCUT2D eigenvalue weighted by Gasteiger charge is 2.29. The molecule has 0 bridgehead atoms. The van der Waals surface area contributed by atoms with Crippen LogP contribution in [0, 0.1) is 5.92 Å². The quantitative estimate of drug-likeness (QED) is 0.754. The van der Waals surface area contributed by atoms with Crippen molar-refractivity contribution in [2.75, 3.05) is 13.1 Å². The van der Waals surface area contributed by atoms with Gasteiger partial charge >= 0.3 is 5.97 Å². The second-order valence-electron chi connectivity index (χ2n) is 7.02. The van der Waals surface area contributed by atoms with E-state index >= 15 is 0 Å². The highest BCUT2D eigenvalue weighted by molar-refractivity contribution is 6.06. The Morgan fingerprint density at radius 3 is 2.54 bits per heavy atom. The first-order valence-electron chi connectivity index (χ1n) is 9.52. The van der Waals surface area contributed by atoms with Crippen molar-refractivity contribution in [1.82, 2.24) is 19.7 Å². The summed E-state index contributed by atoms with van der Waals surface area (Å²) < 4.78 is 1.79. The number of likely N-dealkylation sites (tertiary alicyclic amines) is 1. The van der Waals surface area contributed by atoms with Crippen molar-refractivity contribution in [2.45, 2.75) is 26.3 Å². The molecule has 2 aromatic heterocycles. The van der Waals surface area contributed by atoms with E-state index in [9.17, 15) is 14.7 Å². The fourth-order valence-electron chi connectivity index (χ4n) is 3.71. The van der Waals surface area contributed by atoms with E-state index in [2.05, 4.69) is 5.10 Å². The summed E-state index contributed by atoms with van der Waals surface area (Å²) in [4.78, 5) is 31.0. The van der Waals surface area contributed by atoms with Crippen LogP contribution in [0.2, 0.25) is 0 Å². The van der Waals surface area contributed by atoms with Gasteiger partial charge in [0.15, 0.2) is 5.65 Å². The van der Waals surface area contributed by atoms with Crippen molar-refractivity contribution >= 4 is 22.9 Å². The highest BCUT2D eigenvalue weighted by atomic mass is 16.4. The molecular formula is C21H22N4O3. The number of rotatable bonds is 4. The summed E-state index contributed by atoms with van der Waals surface area (Å²) in [7, 11) is 0. The van der Waals surface area contributed by atoms with Crippen LogP contribution in [-0.4, -0.2) is 49.7 Å². The number of fused-ring (bicyclic) bond motifs is 1. The minimum atomic E-state index is -0.783. The summed E-state index contributed by atoms with van der Waals surface area (Å²) in [6.45, 7) is 3.54. The molecule has 7 heteroatoms. The molecule has 1 aromatic carbocycles. The van der Waals surface area contributed by atoms with Gasteiger partial charge in [-0.2, -0.15) is 5.10 Å². The molecule has 0 saturated carbocycles. The van der Waals surface area contributed by atoms with Crippen LogP contribution in [0.15, 0.2) is 42.6 Å². The smallest absolute Gasteiger partial charge is 0.306 e. The zero-order valence-corrected chi connectivity index (χ0v) is 15.7. The largest absolute Gasteiger partial charge is 0.481 e. The van der Waals surface area contributed by atoms with Gasteiger partial charge in [0.1, 0.15) is 0 Å². The number of piperidine rings is 1. The fraction of sp³-hybridized carbons (Fsp3) is 0.333. The summed E-state index contributed by atoms with van der Waals surface area (Å²) >= 11 is 0. The maximum atomic E-state index is 13.3. The standard InChI is InChI=1S/C21H22N4O3/c1-2-25-19-17(13-22-25)16(12-18(23-19)14-6-4-3-5-7-14)20(26)24-10-8-15(9-11-24)21(27)28/h3-7,12-13,15H,2,8-11H2,1H3,(H,27,28). The lowest BCUT2D eigenvalue weighted by atomic mass is 9.96. The number of hydrogen-bond donors (Lipinski definition) is 1. The van der Waals surface area contributed by atoms with Gasteiger partial charge in [0.25, 0.3) is 5.91 Å². The topological polar surface area (TPSA) is 88.3 Å². The molecule has 1 saturated heterocycles. The molecule has 144 valence electrons. The third-order valence-corrected chi connectivity index (χ3v) is 5.34. The molecule has 0 radical (unpaired) electrons. The lowest BCUT2D eigenvalue weighted by molar-refractivity contribution is -0.143. The Morgan fingerprint density at radius 2 is 1.89 bits per heavy atom. The minimum Gasteiger partial charge on any atom is -0.481 e. The van der Waals surface area contributed by atoms with Crippen LogP contribution in [0.25, 0.3) is 22.3 Å². The summed E-state index contributed by atoms with van der Waals surface area (Å²) in [6, 6.07) is 11.6. The molecule has 7 nitrogen and oxygen atoms in total. The molecule has 0 spiro atoms. The number of carbonyl (C=O) groups excluding carboxylic acids is 1. The van der Waals surface area contributed by atoms with Gasteiger partial charge in [0, 0.05) is 25.2 Å². The predicted molar refractivity (Wildman–Crippen MR) is 105 cm³/mol. The number of carboxylic acid groups (broad SMARTS) is 1. The van der Waals surface area contributed by atoms with Crippen molar-refractivity contribution in [1.29, 1.82) is 0 Å². The number of aliphatic carboxylic acids is 1. The number of aromatic nitrogens is 3. The van der Waals surface area contributed by atoms with Crippen molar-refractivity contribution in [3.05, 3.63) is 48.2 Å². The first kappa shape index (κ1) is 18.2. The summed E-state index contributed by atoms with van der Waals surface area (Å²) in [5, 5.41) is 14.3. The first-order chi connectivity index (χ1) is 13.6. The molecule has 1 fully saturated rings. The molecule has 3 heterocycles. The van der Waals surface area contributed by atoms with Gasteiger partial charge in [-0.3, -0.25) is 9.59 Å². The highest BCUT2D eigenvalue weighted by Crippen LogP contribution is 2.27. The van der Waals surface area contributed by atoms with Crippen LogP contribution in [0.1, 0.15) is 30.1 Å². The van der Waals surface area contributed by atoms with Crippen LogP contribution < -0.4 is 0 Å². The average Bonchev–Trinajstić information content (AvgIpc) is 3.16. The van der Waals surface area contributed by atoms with Crippen LogP contribution in [0.4, 0.5) is 0 Å². The SMILES string of the molecule is CCn1ncc2c(C(=O)N3CCC(C(=O)O)CC3)cc(-c3ccccc3)nc21. The normalized spacial score (nSPS) is 15.1. The second-order valence-corrected chi connectivity index (χ2v) is 7.02.